The van der Waals surface area contributed by atoms with Crippen LogP contribution in [0.2, 0.25) is 0 Å². The van der Waals surface area contributed by atoms with E-state index in [2.05, 4.69) is 49.2 Å². The zero-order valence-corrected chi connectivity index (χ0v) is 11.9. The summed E-state index contributed by atoms with van der Waals surface area (Å²) < 4.78 is 5.73. The first-order chi connectivity index (χ1) is 9.08. The van der Waals surface area contributed by atoms with Gasteiger partial charge in [-0.1, -0.05) is 29.8 Å². The van der Waals surface area contributed by atoms with Crippen LogP contribution in [0.5, 0.6) is 0 Å². The Morgan fingerprint density at radius 2 is 1.95 bits per heavy atom. The highest BCUT2D eigenvalue weighted by Crippen LogP contribution is 2.16. The standard InChI is InChI=1S/C16H22N2O/c1-12-5-4-6-14(7-12)10-18(3)11-15-8-13(2)16(9-17)19-15/h4-8H,9-11,17H2,1-3H3. The lowest BCUT2D eigenvalue weighted by Crippen LogP contribution is -2.16. The van der Waals surface area contributed by atoms with Gasteiger partial charge in [-0.25, -0.2) is 0 Å². The molecule has 0 fully saturated rings. The molecule has 0 saturated carbocycles. The van der Waals surface area contributed by atoms with Crippen molar-refractivity contribution in [2.75, 3.05) is 7.05 Å². The zero-order valence-electron chi connectivity index (χ0n) is 11.9. The number of nitrogens with zero attached hydrogens (tertiary/aromatic N) is 1. The molecule has 0 amide bonds. The maximum atomic E-state index is 5.73. The van der Waals surface area contributed by atoms with Crippen LogP contribution < -0.4 is 5.73 Å². The fraction of sp³-hybridized carbons (Fsp3) is 0.375. The summed E-state index contributed by atoms with van der Waals surface area (Å²) >= 11 is 0. The first kappa shape index (κ1) is 13.8. The molecule has 1 aromatic carbocycles. The highest BCUT2D eigenvalue weighted by Gasteiger charge is 2.09. The summed E-state index contributed by atoms with van der Waals surface area (Å²) in [5.41, 5.74) is 9.39. The highest BCUT2D eigenvalue weighted by atomic mass is 16.3. The second kappa shape index (κ2) is 6.04. The molecule has 0 unspecified atom stereocenters. The van der Waals surface area contributed by atoms with Crippen LogP contribution in [-0.2, 0) is 19.6 Å². The van der Waals surface area contributed by atoms with Crippen molar-refractivity contribution in [2.24, 2.45) is 5.73 Å². The second-order valence-electron chi connectivity index (χ2n) is 5.18. The van der Waals surface area contributed by atoms with Gasteiger partial charge in [0.2, 0.25) is 0 Å². The van der Waals surface area contributed by atoms with Gasteiger partial charge in [0.25, 0.3) is 0 Å². The van der Waals surface area contributed by atoms with Crippen molar-refractivity contribution < 1.29 is 4.42 Å². The molecule has 0 aliphatic heterocycles. The number of benzene rings is 1. The molecule has 3 heteroatoms. The third-order valence-corrected chi connectivity index (χ3v) is 3.22. The van der Waals surface area contributed by atoms with Crippen LogP contribution in [0, 0.1) is 13.8 Å². The largest absolute Gasteiger partial charge is 0.463 e. The van der Waals surface area contributed by atoms with Crippen LogP contribution in [0.4, 0.5) is 0 Å². The Bertz CT molecular complexity index is 545. The van der Waals surface area contributed by atoms with Gasteiger partial charge in [0.05, 0.1) is 13.1 Å². The van der Waals surface area contributed by atoms with Gasteiger partial charge in [-0.05, 0) is 38.1 Å². The number of rotatable bonds is 5. The Labute approximate surface area is 115 Å². The van der Waals surface area contributed by atoms with E-state index in [1.807, 2.05) is 6.92 Å². The summed E-state index contributed by atoms with van der Waals surface area (Å²) in [5.74, 6) is 1.87. The Morgan fingerprint density at radius 3 is 2.58 bits per heavy atom. The monoisotopic (exact) mass is 258 g/mol. The molecular weight excluding hydrogens is 236 g/mol. The van der Waals surface area contributed by atoms with E-state index in [0.29, 0.717) is 6.54 Å². The molecule has 0 bridgehead atoms. The summed E-state index contributed by atoms with van der Waals surface area (Å²) in [6, 6.07) is 10.7. The molecule has 3 nitrogen and oxygen atoms in total. The number of aryl methyl sites for hydroxylation is 2. The SMILES string of the molecule is Cc1cccc(CN(C)Cc2cc(C)c(CN)o2)c1. The van der Waals surface area contributed by atoms with E-state index < -0.39 is 0 Å². The average Bonchev–Trinajstić information content (AvgIpc) is 2.69. The smallest absolute Gasteiger partial charge is 0.120 e. The minimum absolute atomic E-state index is 0.466. The molecule has 19 heavy (non-hydrogen) atoms. The number of furan rings is 1. The van der Waals surface area contributed by atoms with Crippen LogP contribution in [0.15, 0.2) is 34.7 Å². The highest BCUT2D eigenvalue weighted by molar-refractivity contribution is 5.22. The lowest BCUT2D eigenvalue weighted by Gasteiger charge is -2.15. The lowest BCUT2D eigenvalue weighted by molar-refractivity contribution is 0.283. The van der Waals surface area contributed by atoms with E-state index in [9.17, 15) is 0 Å². The lowest BCUT2D eigenvalue weighted by atomic mass is 10.1. The molecule has 1 aromatic heterocycles. The number of hydrogen-bond acceptors (Lipinski definition) is 3. The van der Waals surface area contributed by atoms with Crippen molar-refractivity contribution >= 4 is 0 Å². The summed E-state index contributed by atoms with van der Waals surface area (Å²) in [5, 5.41) is 0. The predicted molar refractivity (Wildman–Crippen MR) is 77.7 cm³/mol. The maximum Gasteiger partial charge on any atom is 0.120 e. The molecule has 1 heterocycles. The number of nitrogens with two attached hydrogens (primary N) is 1. The summed E-state index contributed by atoms with van der Waals surface area (Å²) in [7, 11) is 2.10. The van der Waals surface area contributed by atoms with Crippen molar-refractivity contribution in [2.45, 2.75) is 33.5 Å². The minimum Gasteiger partial charge on any atom is -0.463 e. The van der Waals surface area contributed by atoms with Gasteiger partial charge in [-0.3, -0.25) is 4.90 Å². The van der Waals surface area contributed by atoms with Gasteiger partial charge in [-0.15, -0.1) is 0 Å². The molecule has 0 radical (unpaired) electrons. The fourth-order valence-electron chi connectivity index (χ4n) is 2.31. The third-order valence-electron chi connectivity index (χ3n) is 3.22. The topological polar surface area (TPSA) is 42.4 Å². The third kappa shape index (κ3) is 3.69. The molecule has 102 valence electrons. The molecular formula is C16H22N2O. The van der Waals surface area contributed by atoms with Gasteiger partial charge in [0.15, 0.2) is 0 Å². The molecule has 0 aliphatic carbocycles. The number of hydrogen-bond donors (Lipinski definition) is 1. The Hall–Kier alpha value is -1.58. The maximum absolute atomic E-state index is 5.73. The van der Waals surface area contributed by atoms with Crippen LogP contribution >= 0.6 is 0 Å². The van der Waals surface area contributed by atoms with E-state index in [4.69, 9.17) is 10.2 Å². The van der Waals surface area contributed by atoms with Gasteiger partial charge >= 0.3 is 0 Å². The Balaban J connectivity index is 1.98. The van der Waals surface area contributed by atoms with Crippen molar-refractivity contribution in [3.63, 3.8) is 0 Å². The first-order valence-electron chi connectivity index (χ1n) is 6.61. The fourth-order valence-corrected chi connectivity index (χ4v) is 2.31. The molecule has 2 rings (SSSR count). The van der Waals surface area contributed by atoms with Gasteiger partial charge in [-0.2, -0.15) is 0 Å². The van der Waals surface area contributed by atoms with E-state index in [1.54, 1.807) is 0 Å². The van der Waals surface area contributed by atoms with Crippen LogP contribution in [0.3, 0.4) is 0 Å². The quantitative estimate of drug-likeness (QED) is 0.896. The molecule has 0 atom stereocenters. The van der Waals surface area contributed by atoms with Crippen LogP contribution in [0.25, 0.3) is 0 Å². The van der Waals surface area contributed by atoms with Crippen LogP contribution in [0.1, 0.15) is 28.2 Å². The van der Waals surface area contributed by atoms with Crippen molar-refractivity contribution in [1.29, 1.82) is 0 Å². The van der Waals surface area contributed by atoms with E-state index >= 15 is 0 Å². The average molecular weight is 258 g/mol. The molecule has 0 saturated heterocycles. The predicted octanol–water partition coefficient (Wildman–Crippen LogP) is 2.99. The molecule has 2 aromatic rings. The van der Waals surface area contributed by atoms with E-state index in [-0.39, 0.29) is 0 Å². The first-order valence-corrected chi connectivity index (χ1v) is 6.61. The second-order valence-corrected chi connectivity index (χ2v) is 5.18. The van der Waals surface area contributed by atoms with Crippen molar-refractivity contribution in [3.05, 3.63) is 58.5 Å². The molecule has 2 N–H and O–H groups in total. The van der Waals surface area contributed by atoms with Gasteiger partial charge in [0, 0.05) is 6.54 Å². The molecule has 0 spiro atoms. The van der Waals surface area contributed by atoms with Crippen molar-refractivity contribution in [3.8, 4) is 0 Å². The Kier molecular flexibility index (Phi) is 4.40. The minimum atomic E-state index is 0.466. The van der Waals surface area contributed by atoms with Gasteiger partial charge in [0.1, 0.15) is 11.5 Å². The van der Waals surface area contributed by atoms with E-state index in [1.165, 1.54) is 11.1 Å². The van der Waals surface area contributed by atoms with Crippen molar-refractivity contribution in [1.82, 2.24) is 4.90 Å². The Morgan fingerprint density at radius 1 is 1.16 bits per heavy atom. The van der Waals surface area contributed by atoms with Gasteiger partial charge < -0.3 is 10.2 Å². The van der Waals surface area contributed by atoms with E-state index in [0.717, 1.165) is 30.2 Å². The zero-order chi connectivity index (χ0) is 13.8. The van der Waals surface area contributed by atoms with Crippen LogP contribution in [-0.4, -0.2) is 11.9 Å². The molecule has 0 aliphatic rings. The summed E-state index contributed by atoms with van der Waals surface area (Å²) in [6.45, 7) is 6.34. The summed E-state index contributed by atoms with van der Waals surface area (Å²) in [6.07, 6.45) is 0. The summed E-state index contributed by atoms with van der Waals surface area (Å²) in [4.78, 5) is 2.24. The normalized spacial score (nSPS) is 11.2.